The first-order valence-electron chi connectivity index (χ1n) is 7.53. The van der Waals surface area contributed by atoms with Gasteiger partial charge in [-0.2, -0.15) is 0 Å². The molecule has 4 heteroatoms. The molecule has 1 aliphatic carbocycles. The Hall–Kier alpha value is -1.42. The van der Waals surface area contributed by atoms with Gasteiger partial charge in [-0.1, -0.05) is 31.4 Å². The van der Waals surface area contributed by atoms with E-state index in [1.54, 1.807) is 12.1 Å². The van der Waals surface area contributed by atoms with E-state index in [2.05, 4.69) is 5.32 Å². The lowest BCUT2D eigenvalue weighted by Crippen LogP contribution is -2.90. The highest BCUT2D eigenvalue weighted by Crippen LogP contribution is 2.17. The van der Waals surface area contributed by atoms with Gasteiger partial charge < -0.3 is 10.6 Å². The van der Waals surface area contributed by atoms with E-state index in [1.165, 1.54) is 31.4 Å². The first-order chi connectivity index (χ1) is 9.65. The number of carbonyl (C=O) groups excluding carboxylic acids is 1. The van der Waals surface area contributed by atoms with Gasteiger partial charge in [-0.3, -0.25) is 4.79 Å². The normalized spacial score (nSPS) is 17.7. The quantitative estimate of drug-likeness (QED) is 0.847. The molecule has 1 saturated carbocycles. The number of quaternary nitrogens is 1. The number of carbonyl (C=O) groups is 1. The van der Waals surface area contributed by atoms with Crippen LogP contribution < -0.4 is 10.6 Å². The molecule has 0 bridgehead atoms. The minimum atomic E-state index is -0.225. The highest BCUT2D eigenvalue weighted by Gasteiger charge is 2.21. The summed E-state index contributed by atoms with van der Waals surface area (Å²) in [5.41, 5.74) is 1.03. The molecule has 0 unspecified atom stereocenters. The molecule has 3 N–H and O–H groups in total. The predicted molar refractivity (Wildman–Crippen MR) is 76.5 cm³/mol. The van der Waals surface area contributed by atoms with Gasteiger partial charge in [-0.05, 0) is 31.9 Å². The molecule has 3 nitrogen and oxygen atoms in total. The smallest absolute Gasteiger partial charge is 0.278 e. The maximum atomic E-state index is 12.8. The Bertz CT molecular complexity index is 427. The summed E-state index contributed by atoms with van der Waals surface area (Å²) in [4.78, 5) is 12.1. The number of nitrogens with two attached hydrogens (primary N) is 1. The van der Waals surface area contributed by atoms with Crippen LogP contribution in [0.4, 0.5) is 4.39 Å². The standard InChI is InChI=1S/C16H23FN2O/c1-12(16(20)19-15-5-3-2-4-6-15)18-11-13-7-9-14(17)10-8-13/h7-10,12,15,18H,2-6,11H2,1H3,(H,19,20)/p+1/t12-/m1/s1. The SMILES string of the molecule is C[C@@H]([NH2+]Cc1ccc(F)cc1)C(=O)NC1CCCCC1. The van der Waals surface area contributed by atoms with Crippen molar-refractivity contribution in [3.8, 4) is 0 Å². The second kappa shape index (κ2) is 7.39. The number of benzene rings is 1. The van der Waals surface area contributed by atoms with E-state index in [9.17, 15) is 9.18 Å². The van der Waals surface area contributed by atoms with Gasteiger partial charge in [0, 0.05) is 11.6 Å². The minimum absolute atomic E-state index is 0.109. The number of hydrogen-bond acceptors (Lipinski definition) is 1. The van der Waals surface area contributed by atoms with Crippen LogP contribution in [0.1, 0.15) is 44.6 Å². The topological polar surface area (TPSA) is 45.7 Å². The molecule has 0 heterocycles. The summed E-state index contributed by atoms with van der Waals surface area (Å²) < 4.78 is 12.8. The Morgan fingerprint density at radius 3 is 2.60 bits per heavy atom. The van der Waals surface area contributed by atoms with Gasteiger partial charge in [0.25, 0.3) is 5.91 Å². The Morgan fingerprint density at radius 2 is 1.95 bits per heavy atom. The van der Waals surface area contributed by atoms with Crippen molar-refractivity contribution >= 4 is 5.91 Å². The Labute approximate surface area is 120 Å². The van der Waals surface area contributed by atoms with Gasteiger partial charge in [0.2, 0.25) is 0 Å². The van der Waals surface area contributed by atoms with Crippen molar-refractivity contribution in [3.05, 3.63) is 35.6 Å². The molecule has 1 fully saturated rings. The first kappa shape index (κ1) is 15.0. The average Bonchev–Trinajstić information content (AvgIpc) is 2.47. The van der Waals surface area contributed by atoms with Crippen LogP contribution in [0, 0.1) is 5.82 Å². The predicted octanol–water partition coefficient (Wildman–Crippen LogP) is 1.73. The van der Waals surface area contributed by atoms with Crippen molar-refractivity contribution in [1.29, 1.82) is 0 Å². The Balaban J connectivity index is 1.74. The molecule has 1 aromatic carbocycles. The van der Waals surface area contributed by atoms with Gasteiger partial charge >= 0.3 is 0 Å². The molecule has 110 valence electrons. The van der Waals surface area contributed by atoms with E-state index in [1.807, 2.05) is 12.2 Å². The zero-order valence-electron chi connectivity index (χ0n) is 12.1. The van der Waals surface area contributed by atoms with E-state index in [4.69, 9.17) is 0 Å². The summed E-state index contributed by atoms with van der Waals surface area (Å²) in [6.07, 6.45) is 5.95. The maximum Gasteiger partial charge on any atom is 0.278 e. The molecule has 1 aliphatic rings. The van der Waals surface area contributed by atoms with Crippen LogP contribution in [0.25, 0.3) is 0 Å². The molecule has 1 amide bonds. The molecule has 0 aliphatic heterocycles. The molecule has 0 spiro atoms. The van der Waals surface area contributed by atoms with E-state index in [0.29, 0.717) is 12.6 Å². The molecule has 0 aromatic heterocycles. The second-order valence-electron chi connectivity index (χ2n) is 5.70. The monoisotopic (exact) mass is 279 g/mol. The Morgan fingerprint density at radius 1 is 1.30 bits per heavy atom. The summed E-state index contributed by atoms with van der Waals surface area (Å²) in [5, 5.41) is 5.13. The molecule has 0 saturated heterocycles. The zero-order valence-corrected chi connectivity index (χ0v) is 12.1. The number of hydrogen-bond donors (Lipinski definition) is 2. The summed E-state index contributed by atoms with van der Waals surface area (Å²) >= 11 is 0. The van der Waals surface area contributed by atoms with E-state index >= 15 is 0 Å². The summed E-state index contributed by atoms with van der Waals surface area (Å²) in [6, 6.07) is 6.68. The van der Waals surface area contributed by atoms with Crippen LogP contribution in [0.15, 0.2) is 24.3 Å². The first-order valence-corrected chi connectivity index (χ1v) is 7.53. The number of amides is 1. The van der Waals surface area contributed by atoms with E-state index in [0.717, 1.165) is 18.4 Å². The van der Waals surface area contributed by atoms with Crippen LogP contribution in [-0.2, 0) is 11.3 Å². The lowest BCUT2D eigenvalue weighted by atomic mass is 9.95. The summed E-state index contributed by atoms with van der Waals surface area (Å²) in [5.74, 6) is -0.115. The largest absolute Gasteiger partial charge is 0.348 e. The molecular formula is C16H24FN2O+. The van der Waals surface area contributed by atoms with Crippen molar-refractivity contribution < 1.29 is 14.5 Å². The highest BCUT2D eigenvalue weighted by atomic mass is 19.1. The van der Waals surface area contributed by atoms with Gasteiger partial charge in [-0.25, -0.2) is 4.39 Å². The lowest BCUT2D eigenvalue weighted by Gasteiger charge is -2.23. The second-order valence-corrected chi connectivity index (χ2v) is 5.70. The van der Waals surface area contributed by atoms with Crippen LogP contribution in [-0.4, -0.2) is 18.0 Å². The van der Waals surface area contributed by atoms with Crippen LogP contribution >= 0.6 is 0 Å². The minimum Gasteiger partial charge on any atom is -0.348 e. The van der Waals surface area contributed by atoms with Crippen molar-refractivity contribution in [1.82, 2.24) is 5.32 Å². The van der Waals surface area contributed by atoms with Gasteiger partial charge in [0.1, 0.15) is 12.4 Å². The number of rotatable bonds is 5. The highest BCUT2D eigenvalue weighted by molar-refractivity contribution is 5.80. The van der Waals surface area contributed by atoms with Crippen molar-refractivity contribution in [3.63, 3.8) is 0 Å². The third-order valence-corrected chi connectivity index (χ3v) is 3.99. The van der Waals surface area contributed by atoms with Crippen molar-refractivity contribution in [2.45, 2.75) is 57.7 Å². The van der Waals surface area contributed by atoms with Crippen LogP contribution in [0.2, 0.25) is 0 Å². The fourth-order valence-corrected chi connectivity index (χ4v) is 2.62. The third-order valence-electron chi connectivity index (χ3n) is 3.99. The molecule has 20 heavy (non-hydrogen) atoms. The maximum absolute atomic E-state index is 12.8. The Kier molecular flexibility index (Phi) is 5.53. The van der Waals surface area contributed by atoms with Crippen LogP contribution in [0.5, 0.6) is 0 Å². The van der Waals surface area contributed by atoms with Gasteiger partial charge in [0.15, 0.2) is 6.04 Å². The van der Waals surface area contributed by atoms with Crippen molar-refractivity contribution in [2.75, 3.05) is 0 Å². The molecule has 0 radical (unpaired) electrons. The lowest BCUT2D eigenvalue weighted by molar-refractivity contribution is -0.689. The molecule has 1 aromatic rings. The van der Waals surface area contributed by atoms with Gasteiger partial charge in [-0.15, -0.1) is 0 Å². The average molecular weight is 279 g/mol. The molecule has 1 atom stereocenters. The third kappa shape index (κ3) is 4.60. The van der Waals surface area contributed by atoms with E-state index < -0.39 is 0 Å². The molecule has 2 rings (SSSR count). The number of nitrogens with one attached hydrogen (secondary N) is 1. The van der Waals surface area contributed by atoms with Gasteiger partial charge in [0.05, 0.1) is 0 Å². The van der Waals surface area contributed by atoms with Crippen LogP contribution in [0.3, 0.4) is 0 Å². The molecular weight excluding hydrogens is 255 g/mol. The zero-order chi connectivity index (χ0) is 14.4. The van der Waals surface area contributed by atoms with Crippen molar-refractivity contribution in [2.24, 2.45) is 0 Å². The number of halogens is 1. The van der Waals surface area contributed by atoms with E-state index in [-0.39, 0.29) is 17.8 Å². The fourth-order valence-electron chi connectivity index (χ4n) is 2.62. The summed E-state index contributed by atoms with van der Waals surface area (Å²) in [7, 11) is 0. The fraction of sp³-hybridized carbons (Fsp3) is 0.562. The summed E-state index contributed by atoms with van der Waals surface area (Å²) in [6.45, 7) is 2.61.